The number of fused-ring (bicyclic) bond motifs is 1. The summed E-state index contributed by atoms with van der Waals surface area (Å²) in [6.07, 6.45) is 1.98. The Hall–Kier alpha value is -2.33. The Morgan fingerprint density at radius 1 is 1.04 bits per heavy atom. The minimum absolute atomic E-state index is 0.0102. The Morgan fingerprint density at radius 3 is 2.42 bits per heavy atom. The van der Waals surface area contributed by atoms with Gasteiger partial charge in [-0.3, -0.25) is 4.90 Å². The summed E-state index contributed by atoms with van der Waals surface area (Å²) in [6.45, 7) is 8.35. The summed E-state index contributed by atoms with van der Waals surface area (Å²) >= 11 is 0. The summed E-state index contributed by atoms with van der Waals surface area (Å²) in [4.78, 5) is 7.18. The lowest BCUT2D eigenvalue weighted by Crippen LogP contribution is -2.22. The topological polar surface area (TPSA) is 46.6 Å². The van der Waals surface area contributed by atoms with E-state index in [4.69, 9.17) is 10.7 Å². The summed E-state index contributed by atoms with van der Waals surface area (Å²) < 4.78 is 2.14. The Labute approximate surface area is 143 Å². The van der Waals surface area contributed by atoms with Crippen molar-refractivity contribution in [2.24, 2.45) is 0 Å². The van der Waals surface area contributed by atoms with E-state index in [1.165, 1.54) is 11.3 Å². The summed E-state index contributed by atoms with van der Waals surface area (Å²) in [5.74, 6) is 0. The zero-order chi connectivity index (χ0) is 17.3. The maximum Gasteiger partial charge on any atom is 0.137 e. The van der Waals surface area contributed by atoms with Gasteiger partial charge < -0.3 is 10.1 Å². The minimum atomic E-state index is -0.0102. The molecule has 0 fully saturated rings. The number of pyridine rings is 1. The SMILES string of the molecule is CN(Cc1ccccc1)Cc1c(C(C)(C)C)nc2ccc(N)cn12. The minimum Gasteiger partial charge on any atom is -0.398 e. The van der Waals surface area contributed by atoms with Gasteiger partial charge in [-0.15, -0.1) is 0 Å². The number of benzene rings is 1. The van der Waals surface area contributed by atoms with Crippen molar-refractivity contribution in [3.8, 4) is 0 Å². The monoisotopic (exact) mass is 322 g/mol. The van der Waals surface area contributed by atoms with Crippen LogP contribution in [0.25, 0.3) is 5.65 Å². The molecular formula is C20H26N4. The van der Waals surface area contributed by atoms with Crippen LogP contribution in [0.4, 0.5) is 5.69 Å². The molecule has 4 heteroatoms. The van der Waals surface area contributed by atoms with Gasteiger partial charge in [-0.1, -0.05) is 51.1 Å². The average molecular weight is 322 g/mol. The van der Waals surface area contributed by atoms with Gasteiger partial charge in [-0.2, -0.15) is 0 Å². The van der Waals surface area contributed by atoms with Gasteiger partial charge >= 0.3 is 0 Å². The zero-order valence-electron chi connectivity index (χ0n) is 15.0. The number of nitrogens with two attached hydrogens (primary N) is 1. The number of aromatic nitrogens is 2. The molecule has 0 spiro atoms. The lowest BCUT2D eigenvalue weighted by atomic mass is 9.90. The quantitative estimate of drug-likeness (QED) is 0.794. The van der Waals surface area contributed by atoms with Crippen LogP contribution >= 0.6 is 0 Å². The van der Waals surface area contributed by atoms with Crippen molar-refractivity contribution < 1.29 is 0 Å². The van der Waals surface area contributed by atoms with Crippen LogP contribution in [0.2, 0.25) is 0 Å². The molecule has 1 aromatic carbocycles. The molecule has 0 saturated heterocycles. The van der Waals surface area contributed by atoms with E-state index in [9.17, 15) is 0 Å². The van der Waals surface area contributed by atoms with Crippen molar-refractivity contribution >= 4 is 11.3 Å². The molecular weight excluding hydrogens is 296 g/mol. The van der Waals surface area contributed by atoms with Crippen molar-refractivity contribution in [1.29, 1.82) is 0 Å². The first-order valence-corrected chi connectivity index (χ1v) is 8.34. The van der Waals surface area contributed by atoms with E-state index in [1.807, 2.05) is 18.3 Å². The number of hydrogen-bond acceptors (Lipinski definition) is 3. The van der Waals surface area contributed by atoms with E-state index in [0.29, 0.717) is 0 Å². The van der Waals surface area contributed by atoms with Gasteiger partial charge in [0.25, 0.3) is 0 Å². The molecule has 0 aliphatic carbocycles. The fourth-order valence-electron chi connectivity index (χ4n) is 3.07. The van der Waals surface area contributed by atoms with Crippen LogP contribution in [0.1, 0.15) is 37.7 Å². The largest absolute Gasteiger partial charge is 0.398 e. The van der Waals surface area contributed by atoms with E-state index in [1.54, 1.807) is 0 Å². The number of anilines is 1. The molecule has 2 N–H and O–H groups in total. The Balaban J connectivity index is 1.96. The third-order valence-corrected chi connectivity index (χ3v) is 4.17. The maximum absolute atomic E-state index is 6.00. The molecule has 2 heterocycles. The summed E-state index contributed by atoms with van der Waals surface area (Å²) in [5.41, 5.74) is 11.4. The second kappa shape index (κ2) is 6.29. The second-order valence-corrected chi connectivity index (χ2v) is 7.51. The average Bonchev–Trinajstić information content (AvgIpc) is 2.86. The van der Waals surface area contributed by atoms with Gasteiger partial charge in [0, 0.05) is 30.4 Å². The van der Waals surface area contributed by atoms with E-state index in [2.05, 4.69) is 67.5 Å². The molecule has 0 atom stereocenters. The van der Waals surface area contributed by atoms with Crippen molar-refractivity contribution in [3.05, 3.63) is 65.6 Å². The van der Waals surface area contributed by atoms with E-state index in [0.717, 1.165) is 30.1 Å². The van der Waals surface area contributed by atoms with Gasteiger partial charge in [0.1, 0.15) is 5.65 Å². The molecule has 2 aromatic heterocycles. The standard InChI is InChI=1S/C20H26N4/c1-20(2,3)19-17(24-13-16(21)10-11-18(24)22-19)14-23(4)12-15-8-6-5-7-9-15/h5-11,13H,12,14,21H2,1-4H3. The molecule has 0 aliphatic heterocycles. The van der Waals surface area contributed by atoms with Crippen LogP contribution in [-0.2, 0) is 18.5 Å². The van der Waals surface area contributed by atoms with Gasteiger partial charge in [-0.05, 0) is 24.7 Å². The molecule has 0 aliphatic rings. The van der Waals surface area contributed by atoms with Crippen LogP contribution in [0.3, 0.4) is 0 Å². The predicted molar refractivity (Wildman–Crippen MR) is 99.9 cm³/mol. The molecule has 3 aromatic rings. The van der Waals surface area contributed by atoms with Crippen molar-refractivity contribution in [2.45, 2.75) is 39.3 Å². The second-order valence-electron chi connectivity index (χ2n) is 7.51. The van der Waals surface area contributed by atoms with Gasteiger partial charge in [0.15, 0.2) is 0 Å². The fraction of sp³-hybridized carbons (Fsp3) is 0.350. The Bertz CT molecular complexity index is 828. The van der Waals surface area contributed by atoms with Crippen LogP contribution in [0.5, 0.6) is 0 Å². The summed E-state index contributed by atoms with van der Waals surface area (Å²) in [6, 6.07) is 14.4. The van der Waals surface area contributed by atoms with Gasteiger partial charge in [-0.25, -0.2) is 4.98 Å². The molecule has 0 bridgehead atoms. The van der Waals surface area contributed by atoms with E-state index in [-0.39, 0.29) is 5.41 Å². The van der Waals surface area contributed by atoms with E-state index < -0.39 is 0 Å². The molecule has 24 heavy (non-hydrogen) atoms. The number of nitrogens with zero attached hydrogens (tertiary/aromatic N) is 3. The third kappa shape index (κ3) is 3.44. The smallest absolute Gasteiger partial charge is 0.137 e. The van der Waals surface area contributed by atoms with Crippen LogP contribution in [0, 0.1) is 0 Å². The summed E-state index contributed by atoms with van der Waals surface area (Å²) in [5, 5.41) is 0. The van der Waals surface area contributed by atoms with Crippen LogP contribution in [-0.4, -0.2) is 21.3 Å². The molecule has 0 amide bonds. The predicted octanol–water partition coefficient (Wildman–Crippen LogP) is 3.85. The van der Waals surface area contributed by atoms with Crippen LogP contribution < -0.4 is 5.73 Å². The molecule has 0 unspecified atom stereocenters. The highest BCUT2D eigenvalue weighted by atomic mass is 15.1. The van der Waals surface area contributed by atoms with Crippen molar-refractivity contribution in [1.82, 2.24) is 14.3 Å². The first kappa shape index (κ1) is 16.5. The molecule has 4 nitrogen and oxygen atoms in total. The first-order chi connectivity index (χ1) is 11.3. The molecule has 3 rings (SSSR count). The van der Waals surface area contributed by atoms with E-state index >= 15 is 0 Å². The van der Waals surface area contributed by atoms with Gasteiger partial charge in [0.2, 0.25) is 0 Å². The fourth-order valence-corrected chi connectivity index (χ4v) is 3.07. The molecule has 126 valence electrons. The van der Waals surface area contributed by atoms with Gasteiger partial charge in [0.05, 0.1) is 11.4 Å². The lowest BCUT2D eigenvalue weighted by molar-refractivity contribution is 0.311. The highest BCUT2D eigenvalue weighted by molar-refractivity contribution is 5.51. The summed E-state index contributed by atoms with van der Waals surface area (Å²) in [7, 11) is 2.14. The lowest BCUT2D eigenvalue weighted by Gasteiger charge is -2.22. The normalized spacial score (nSPS) is 12.2. The number of hydrogen-bond donors (Lipinski definition) is 1. The molecule has 0 saturated carbocycles. The first-order valence-electron chi connectivity index (χ1n) is 8.34. The number of nitrogen functional groups attached to an aromatic ring is 1. The highest BCUT2D eigenvalue weighted by Crippen LogP contribution is 2.28. The maximum atomic E-state index is 6.00. The number of rotatable bonds is 4. The Kier molecular flexibility index (Phi) is 4.33. The molecule has 0 radical (unpaired) electrons. The van der Waals surface area contributed by atoms with Crippen molar-refractivity contribution in [2.75, 3.05) is 12.8 Å². The highest BCUT2D eigenvalue weighted by Gasteiger charge is 2.24. The number of imidazole rings is 1. The zero-order valence-corrected chi connectivity index (χ0v) is 15.0. The third-order valence-electron chi connectivity index (χ3n) is 4.17. The Morgan fingerprint density at radius 2 is 1.75 bits per heavy atom. The van der Waals surface area contributed by atoms with Crippen LogP contribution in [0.15, 0.2) is 48.7 Å². The van der Waals surface area contributed by atoms with Crippen molar-refractivity contribution in [3.63, 3.8) is 0 Å².